The third kappa shape index (κ3) is 4.87. The standard InChI is InChI=1S/C13H17N3O3/c1-3-4-5-13(17)15-14-10(2)11-6-8-12(9-7-11)16(18)19/h6-9H,3-5H2,1-2H3,(H,15,17)/b14-10+. The van der Waals surface area contributed by atoms with Gasteiger partial charge < -0.3 is 0 Å². The van der Waals surface area contributed by atoms with Crippen LogP contribution in [0.1, 0.15) is 38.7 Å². The van der Waals surface area contributed by atoms with E-state index in [4.69, 9.17) is 0 Å². The second-order valence-corrected chi connectivity index (χ2v) is 4.14. The maximum Gasteiger partial charge on any atom is 0.269 e. The van der Waals surface area contributed by atoms with Crippen molar-refractivity contribution in [3.05, 3.63) is 39.9 Å². The summed E-state index contributed by atoms with van der Waals surface area (Å²) < 4.78 is 0. The van der Waals surface area contributed by atoms with Crippen LogP contribution in [0.2, 0.25) is 0 Å². The zero-order valence-corrected chi connectivity index (χ0v) is 11.0. The Morgan fingerprint density at radius 1 is 1.37 bits per heavy atom. The van der Waals surface area contributed by atoms with Crippen LogP contribution in [0.3, 0.4) is 0 Å². The first kappa shape index (κ1) is 14.8. The van der Waals surface area contributed by atoms with E-state index in [9.17, 15) is 14.9 Å². The molecule has 1 rings (SSSR count). The van der Waals surface area contributed by atoms with E-state index in [1.54, 1.807) is 19.1 Å². The Morgan fingerprint density at radius 2 is 2.00 bits per heavy atom. The minimum absolute atomic E-state index is 0.0310. The van der Waals surface area contributed by atoms with Gasteiger partial charge in [-0.25, -0.2) is 5.43 Å². The number of unbranched alkanes of at least 4 members (excludes halogenated alkanes) is 1. The molecule has 0 fully saturated rings. The Labute approximate surface area is 111 Å². The molecule has 0 unspecified atom stereocenters. The number of hydrogen-bond donors (Lipinski definition) is 1. The highest BCUT2D eigenvalue weighted by molar-refractivity contribution is 5.99. The number of carbonyl (C=O) groups is 1. The van der Waals surface area contributed by atoms with E-state index in [0.717, 1.165) is 18.4 Å². The number of nitro benzene ring substituents is 1. The van der Waals surface area contributed by atoms with Crippen LogP contribution in [0, 0.1) is 10.1 Å². The van der Waals surface area contributed by atoms with Crippen molar-refractivity contribution in [3.8, 4) is 0 Å². The summed E-state index contributed by atoms with van der Waals surface area (Å²) in [5.74, 6) is -0.122. The number of amides is 1. The van der Waals surface area contributed by atoms with E-state index < -0.39 is 4.92 Å². The van der Waals surface area contributed by atoms with Crippen molar-refractivity contribution in [3.63, 3.8) is 0 Å². The van der Waals surface area contributed by atoms with Gasteiger partial charge in [-0.05, 0) is 31.0 Å². The number of carbonyl (C=O) groups excluding carboxylic acids is 1. The first-order chi connectivity index (χ1) is 9.04. The Hall–Kier alpha value is -2.24. The molecule has 0 aliphatic carbocycles. The fraction of sp³-hybridized carbons (Fsp3) is 0.385. The molecule has 0 radical (unpaired) electrons. The van der Waals surface area contributed by atoms with Crippen LogP contribution in [0.25, 0.3) is 0 Å². The SMILES string of the molecule is CCCCC(=O)N/N=C(\C)c1ccc([N+](=O)[O-])cc1. The topological polar surface area (TPSA) is 84.6 Å². The summed E-state index contributed by atoms with van der Waals surface area (Å²) in [6, 6.07) is 6.03. The normalized spacial score (nSPS) is 11.2. The molecule has 1 aromatic rings. The quantitative estimate of drug-likeness (QED) is 0.486. The van der Waals surface area contributed by atoms with Crippen molar-refractivity contribution in [1.29, 1.82) is 0 Å². The lowest BCUT2D eigenvalue weighted by Gasteiger charge is -2.02. The lowest BCUT2D eigenvalue weighted by molar-refractivity contribution is -0.384. The maximum atomic E-state index is 11.4. The third-order valence-electron chi connectivity index (χ3n) is 2.60. The summed E-state index contributed by atoms with van der Waals surface area (Å²) in [4.78, 5) is 21.4. The van der Waals surface area contributed by atoms with Gasteiger partial charge in [0.05, 0.1) is 10.6 Å². The molecular formula is C13H17N3O3. The number of hydrazone groups is 1. The number of nitrogens with one attached hydrogen (secondary N) is 1. The molecule has 0 aromatic heterocycles. The predicted octanol–water partition coefficient (Wildman–Crippen LogP) is 2.63. The van der Waals surface area contributed by atoms with E-state index in [1.165, 1.54) is 12.1 Å². The Kier molecular flexibility index (Phi) is 5.66. The highest BCUT2D eigenvalue weighted by Crippen LogP contribution is 2.12. The molecule has 0 saturated carbocycles. The molecule has 19 heavy (non-hydrogen) atoms. The molecule has 102 valence electrons. The average molecular weight is 263 g/mol. The van der Waals surface area contributed by atoms with Crippen molar-refractivity contribution in [2.45, 2.75) is 33.1 Å². The summed E-state index contributed by atoms with van der Waals surface area (Å²) in [5, 5.41) is 14.5. The summed E-state index contributed by atoms with van der Waals surface area (Å²) in [6.45, 7) is 3.75. The van der Waals surface area contributed by atoms with Gasteiger partial charge in [0.1, 0.15) is 0 Å². The molecule has 6 nitrogen and oxygen atoms in total. The van der Waals surface area contributed by atoms with Gasteiger partial charge in [0.15, 0.2) is 0 Å². The van der Waals surface area contributed by atoms with E-state index in [2.05, 4.69) is 10.5 Å². The molecule has 0 saturated heterocycles. The lowest BCUT2D eigenvalue weighted by atomic mass is 10.1. The monoisotopic (exact) mass is 263 g/mol. The smallest absolute Gasteiger partial charge is 0.269 e. The second-order valence-electron chi connectivity index (χ2n) is 4.14. The van der Waals surface area contributed by atoms with E-state index in [0.29, 0.717) is 12.1 Å². The summed E-state index contributed by atoms with van der Waals surface area (Å²) in [6.07, 6.45) is 2.24. The number of benzene rings is 1. The maximum absolute atomic E-state index is 11.4. The zero-order chi connectivity index (χ0) is 14.3. The first-order valence-electron chi connectivity index (χ1n) is 6.12. The predicted molar refractivity (Wildman–Crippen MR) is 73.0 cm³/mol. The third-order valence-corrected chi connectivity index (χ3v) is 2.60. The van der Waals surface area contributed by atoms with E-state index in [1.807, 2.05) is 6.92 Å². The fourth-order valence-corrected chi connectivity index (χ4v) is 1.43. The van der Waals surface area contributed by atoms with Gasteiger partial charge in [0.25, 0.3) is 5.69 Å². The van der Waals surface area contributed by atoms with Crippen LogP contribution in [-0.2, 0) is 4.79 Å². The van der Waals surface area contributed by atoms with Crippen molar-refractivity contribution < 1.29 is 9.72 Å². The molecule has 0 aliphatic heterocycles. The van der Waals surface area contributed by atoms with Crippen molar-refractivity contribution in [2.75, 3.05) is 0 Å². The van der Waals surface area contributed by atoms with Crippen LogP contribution in [-0.4, -0.2) is 16.5 Å². The van der Waals surface area contributed by atoms with Gasteiger partial charge in [-0.1, -0.05) is 13.3 Å². The Morgan fingerprint density at radius 3 is 2.53 bits per heavy atom. The molecule has 0 spiro atoms. The van der Waals surface area contributed by atoms with Crippen LogP contribution in [0.4, 0.5) is 5.69 Å². The van der Waals surface area contributed by atoms with Gasteiger partial charge >= 0.3 is 0 Å². The number of hydrogen-bond acceptors (Lipinski definition) is 4. The van der Waals surface area contributed by atoms with Gasteiger partial charge in [0.2, 0.25) is 5.91 Å². The van der Waals surface area contributed by atoms with Crippen molar-refractivity contribution in [2.24, 2.45) is 5.10 Å². The summed E-state index contributed by atoms with van der Waals surface area (Å²) >= 11 is 0. The van der Waals surface area contributed by atoms with Gasteiger partial charge in [-0.3, -0.25) is 14.9 Å². The fourth-order valence-electron chi connectivity index (χ4n) is 1.43. The van der Waals surface area contributed by atoms with Crippen LogP contribution in [0.5, 0.6) is 0 Å². The molecule has 0 aliphatic rings. The van der Waals surface area contributed by atoms with E-state index >= 15 is 0 Å². The summed E-state index contributed by atoms with van der Waals surface area (Å²) in [5.41, 5.74) is 3.85. The number of non-ortho nitro benzene ring substituents is 1. The largest absolute Gasteiger partial charge is 0.273 e. The Balaban J connectivity index is 2.63. The van der Waals surface area contributed by atoms with Crippen LogP contribution in [0.15, 0.2) is 29.4 Å². The molecule has 0 heterocycles. The number of nitro groups is 1. The molecule has 1 amide bonds. The molecule has 6 heteroatoms. The van der Waals surface area contributed by atoms with Crippen molar-refractivity contribution in [1.82, 2.24) is 5.43 Å². The van der Waals surface area contributed by atoms with Gasteiger partial charge in [0, 0.05) is 18.6 Å². The first-order valence-corrected chi connectivity index (χ1v) is 6.12. The van der Waals surface area contributed by atoms with Crippen molar-refractivity contribution >= 4 is 17.3 Å². The lowest BCUT2D eigenvalue weighted by Crippen LogP contribution is -2.18. The highest BCUT2D eigenvalue weighted by Gasteiger charge is 2.05. The molecule has 0 atom stereocenters. The van der Waals surface area contributed by atoms with Gasteiger partial charge in [-0.2, -0.15) is 5.10 Å². The molecule has 1 N–H and O–H groups in total. The number of nitrogens with zero attached hydrogens (tertiary/aromatic N) is 2. The Bertz CT molecular complexity index is 480. The minimum Gasteiger partial charge on any atom is -0.273 e. The molecular weight excluding hydrogens is 246 g/mol. The molecule has 0 bridgehead atoms. The molecule has 1 aromatic carbocycles. The minimum atomic E-state index is -0.456. The van der Waals surface area contributed by atoms with E-state index in [-0.39, 0.29) is 11.6 Å². The highest BCUT2D eigenvalue weighted by atomic mass is 16.6. The number of rotatable bonds is 6. The van der Waals surface area contributed by atoms with Crippen LogP contribution >= 0.6 is 0 Å². The summed E-state index contributed by atoms with van der Waals surface area (Å²) in [7, 11) is 0. The zero-order valence-electron chi connectivity index (χ0n) is 11.0. The average Bonchev–Trinajstić information content (AvgIpc) is 2.42. The van der Waals surface area contributed by atoms with Gasteiger partial charge in [-0.15, -0.1) is 0 Å². The second kappa shape index (κ2) is 7.25. The van der Waals surface area contributed by atoms with Crippen LogP contribution < -0.4 is 5.43 Å².